The fourth-order valence-electron chi connectivity index (χ4n) is 3.85. The molecule has 0 radical (unpaired) electrons. The van der Waals surface area contributed by atoms with Gasteiger partial charge in [0.25, 0.3) is 0 Å². The second kappa shape index (κ2) is 10.8. The van der Waals surface area contributed by atoms with Crippen molar-refractivity contribution in [3.05, 3.63) is 78.9 Å². The number of hydrogen-bond donors (Lipinski definition) is 4. The number of benzene rings is 3. The minimum absolute atomic E-state index is 0.122. The van der Waals surface area contributed by atoms with Crippen LogP contribution in [-0.2, 0) is 10.0 Å². The maximum Gasteiger partial charge on any atom is 0.319 e. The minimum Gasteiger partial charge on any atom is -0.391 e. The maximum atomic E-state index is 12.5. The van der Waals surface area contributed by atoms with Gasteiger partial charge in [0.2, 0.25) is 10.0 Å². The number of aromatic nitrogens is 1. The van der Waals surface area contributed by atoms with E-state index in [1.54, 1.807) is 18.2 Å². The smallest absolute Gasteiger partial charge is 0.319 e. The summed E-state index contributed by atoms with van der Waals surface area (Å²) in [6.07, 6.45) is 0.992. The molecular formula is C27H28N4O4S. The van der Waals surface area contributed by atoms with Crippen LogP contribution in [0.15, 0.2) is 78.9 Å². The van der Waals surface area contributed by atoms with Crippen LogP contribution in [0.25, 0.3) is 33.3 Å². The van der Waals surface area contributed by atoms with Gasteiger partial charge in [-0.2, -0.15) is 0 Å². The maximum absolute atomic E-state index is 12.5. The molecule has 36 heavy (non-hydrogen) atoms. The number of carbonyl (C=O) groups is 1. The number of nitrogens with zero attached hydrogens (tertiary/aromatic N) is 1. The van der Waals surface area contributed by atoms with E-state index in [0.29, 0.717) is 40.0 Å². The Labute approximate surface area is 210 Å². The summed E-state index contributed by atoms with van der Waals surface area (Å²) in [5.74, 6) is 0. The van der Waals surface area contributed by atoms with Gasteiger partial charge in [-0.3, -0.25) is 4.72 Å². The highest BCUT2D eigenvalue weighted by atomic mass is 32.2. The van der Waals surface area contributed by atoms with Crippen molar-refractivity contribution in [3.8, 4) is 22.4 Å². The summed E-state index contributed by atoms with van der Waals surface area (Å²) in [4.78, 5) is 17.3. The van der Waals surface area contributed by atoms with Crippen molar-refractivity contribution in [2.45, 2.75) is 19.4 Å². The first-order chi connectivity index (χ1) is 17.2. The summed E-state index contributed by atoms with van der Waals surface area (Å²) in [5, 5.41) is 15.6. The zero-order valence-electron chi connectivity index (χ0n) is 20.0. The number of urea groups is 1. The van der Waals surface area contributed by atoms with Gasteiger partial charge in [-0.15, -0.1) is 0 Å². The van der Waals surface area contributed by atoms with Gasteiger partial charge in [0.1, 0.15) is 0 Å². The van der Waals surface area contributed by atoms with Gasteiger partial charge in [0, 0.05) is 28.7 Å². The van der Waals surface area contributed by atoms with E-state index in [4.69, 9.17) is 4.98 Å². The van der Waals surface area contributed by atoms with Crippen LogP contribution in [0.2, 0.25) is 0 Å². The lowest BCUT2D eigenvalue weighted by molar-refractivity contribution is 0.168. The first-order valence-corrected chi connectivity index (χ1v) is 13.4. The lowest BCUT2D eigenvalue weighted by Crippen LogP contribution is -2.34. The largest absolute Gasteiger partial charge is 0.391 e. The highest BCUT2D eigenvalue weighted by Gasteiger charge is 2.21. The Bertz CT molecular complexity index is 1480. The number of carbonyl (C=O) groups excluding carboxylic acids is 1. The van der Waals surface area contributed by atoms with E-state index < -0.39 is 22.2 Å². The molecule has 0 aliphatic rings. The van der Waals surface area contributed by atoms with Crippen molar-refractivity contribution in [1.82, 2.24) is 10.3 Å². The molecule has 4 N–H and O–H groups in total. The molecule has 0 fully saturated rings. The summed E-state index contributed by atoms with van der Waals surface area (Å²) in [7, 11) is -3.66. The number of rotatable bonds is 8. The van der Waals surface area contributed by atoms with Gasteiger partial charge in [-0.05, 0) is 30.2 Å². The van der Waals surface area contributed by atoms with Gasteiger partial charge in [-0.25, -0.2) is 18.2 Å². The van der Waals surface area contributed by atoms with Gasteiger partial charge < -0.3 is 15.7 Å². The van der Waals surface area contributed by atoms with Crippen molar-refractivity contribution >= 4 is 38.3 Å². The quantitative estimate of drug-likeness (QED) is 0.274. The molecule has 2 amide bonds. The first-order valence-electron chi connectivity index (χ1n) is 11.5. The number of anilines is 2. The zero-order valence-corrected chi connectivity index (χ0v) is 20.8. The third kappa shape index (κ3) is 5.99. The molecular weight excluding hydrogens is 476 g/mol. The van der Waals surface area contributed by atoms with Crippen molar-refractivity contribution in [2.24, 2.45) is 0 Å². The Morgan fingerprint density at radius 2 is 1.61 bits per heavy atom. The van der Waals surface area contributed by atoms with Crippen molar-refractivity contribution in [3.63, 3.8) is 0 Å². The second-order valence-electron chi connectivity index (χ2n) is 8.45. The van der Waals surface area contributed by atoms with E-state index in [2.05, 4.69) is 15.4 Å². The summed E-state index contributed by atoms with van der Waals surface area (Å²) in [6, 6.07) is 23.7. The Morgan fingerprint density at radius 3 is 2.22 bits per heavy atom. The Balaban J connectivity index is 1.91. The second-order valence-corrected chi connectivity index (χ2v) is 10.2. The predicted molar refractivity (Wildman–Crippen MR) is 144 cm³/mol. The number of fused-ring (bicyclic) bond motifs is 1. The number of nitrogens with one attached hydrogen (secondary N) is 3. The molecule has 0 saturated heterocycles. The third-order valence-corrected chi connectivity index (χ3v) is 6.18. The highest BCUT2D eigenvalue weighted by molar-refractivity contribution is 7.92. The van der Waals surface area contributed by atoms with Crippen LogP contribution < -0.4 is 15.4 Å². The molecule has 0 aliphatic carbocycles. The average molecular weight is 505 g/mol. The van der Waals surface area contributed by atoms with E-state index in [9.17, 15) is 18.3 Å². The molecule has 0 spiro atoms. The lowest BCUT2D eigenvalue weighted by atomic mass is 9.95. The van der Waals surface area contributed by atoms with E-state index >= 15 is 0 Å². The molecule has 9 heteroatoms. The SMILES string of the molecule is CCC(O)CNC(=O)Nc1ccc2nc(-c3ccccc3)c(-c3ccccc3)c(NS(C)(=O)=O)c2c1. The topological polar surface area (TPSA) is 120 Å². The Morgan fingerprint density at radius 1 is 0.972 bits per heavy atom. The summed E-state index contributed by atoms with van der Waals surface area (Å²) in [5.41, 5.74) is 4.29. The molecule has 1 heterocycles. The molecule has 8 nitrogen and oxygen atoms in total. The molecule has 186 valence electrons. The third-order valence-electron chi connectivity index (χ3n) is 5.61. The first kappa shape index (κ1) is 25.2. The normalized spacial score (nSPS) is 12.2. The standard InChI is InChI=1S/C27H28N4O4S/c1-3-21(32)17-28-27(33)29-20-14-15-23-22(16-20)26(31-36(2,34)35)24(18-10-6-4-7-11-18)25(30-23)19-12-8-5-9-13-19/h4-16,21,32H,3,17H2,1-2H3,(H,30,31)(H2,28,29,33). The minimum atomic E-state index is -3.66. The molecule has 0 aliphatic heterocycles. The number of aliphatic hydroxyl groups excluding tert-OH is 1. The number of amides is 2. The van der Waals surface area contributed by atoms with Crippen molar-refractivity contribution in [1.29, 1.82) is 0 Å². The summed E-state index contributed by atoms with van der Waals surface area (Å²) < 4.78 is 27.7. The van der Waals surface area contributed by atoms with E-state index in [1.807, 2.05) is 67.6 Å². The molecule has 4 aromatic rings. The van der Waals surface area contributed by atoms with Crippen LogP contribution in [0.4, 0.5) is 16.2 Å². The van der Waals surface area contributed by atoms with Crippen molar-refractivity contribution < 1.29 is 18.3 Å². The molecule has 1 unspecified atom stereocenters. The number of pyridine rings is 1. The monoisotopic (exact) mass is 504 g/mol. The highest BCUT2D eigenvalue weighted by Crippen LogP contribution is 2.42. The summed E-state index contributed by atoms with van der Waals surface area (Å²) in [6.45, 7) is 1.95. The Hall–Kier alpha value is -3.95. The number of hydrogen-bond acceptors (Lipinski definition) is 5. The van der Waals surface area contributed by atoms with Gasteiger partial charge in [0.05, 0.1) is 29.3 Å². The van der Waals surface area contributed by atoms with E-state index in [-0.39, 0.29) is 6.54 Å². The zero-order chi connectivity index (χ0) is 25.7. The molecule has 3 aromatic carbocycles. The number of aliphatic hydroxyl groups is 1. The van der Waals surface area contributed by atoms with E-state index in [1.165, 1.54) is 0 Å². The average Bonchev–Trinajstić information content (AvgIpc) is 2.87. The van der Waals surface area contributed by atoms with Crippen LogP contribution in [0, 0.1) is 0 Å². The Kier molecular flexibility index (Phi) is 7.52. The van der Waals surface area contributed by atoms with Crippen LogP contribution >= 0.6 is 0 Å². The van der Waals surface area contributed by atoms with Crippen LogP contribution in [0.5, 0.6) is 0 Å². The molecule has 1 aromatic heterocycles. The molecule has 0 saturated carbocycles. The van der Waals surface area contributed by atoms with Gasteiger partial charge >= 0.3 is 6.03 Å². The fraction of sp³-hybridized carbons (Fsp3) is 0.185. The summed E-state index contributed by atoms with van der Waals surface area (Å²) >= 11 is 0. The lowest BCUT2D eigenvalue weighted by Gasteiger charge is -2.19. The molecule has 0 bridgehead atoms. The van der Waals surface area contributed by atoms with Crippen LogP contribution in [-0.4, -0.2) is 43.4 Å². The molecule has 4 rings (SSSR count). The van der Waals surface area contributed by atoms with Gasteiger partial charge in [0.15, 0.2) is 0 Å². The predicted octanol–water partition coefficient (Wildman–Crippen LogP) is 4.83. The van der Waals surface area contributed by atoms with E-state index in [0.717, 1.165) is 17.4 Å². The van der Waals surface area contributed by atoms with Crippen LogP contribution in [0.3, 0.4) is 0 Å². The van der Waals surface area contributed by atoms with Gasteiger partial charge in [-0.1, -0.05) is 67.6 Å². The fourth-order valence-corrected chi connectivity index (χ4v) is 4.44. The number of sulfonamides is 1. The van der Waals surface area contributed by atoms with Crippen LogP contribution in [0.1, 0.15) is 13.3 Å². The van der Waals surface area contributed by atoms with Crippen molar-refractivity contribution in [2.75, 3.05) is 22.8 Å². The molecule has 1 atom stereocenters.